The van der Waals surface area contributed by atoms with Crippen LogP contribution in [0.4, 0.5) is 5.13 Å². The van der Waals surface area contributed by atoms with E-state index in [1.807, 2.05) is 13.8 Å². The fourth-order valence-corrected chi connectivity index (χ4v) is 4.76. The molecule has 1 amide bonds. The number of thiophene rings is 1. The molecule has 6 nitrogen and oxygen atoms in total. The summed E-state index contributed by atoms with van der Waals surface area (Å²) in [5.41, 5.74) is 1.80. The molecule has 3 aromatic heterocycles. The van der Waals surface area contributed by atoms with Crippen molar-refractivity contribution >= 4 is 43.9 Å². The summed E-state index contributed by atoms with van der Waals surface area (Å²) in [5.74, 6) is 1.26. The Balaban J connectivity index is 1.65. The van der Waals surface area contributed by atoms with E-state index in [2.05, 4.69) is 41.3 Å². The first-order valence-corrected chi connectivity index (χ1v) is 10.3. The molecule has 0 bridgehead atoms. The third kappa shape index (κ3) is 3.12. The fourth-order valence-electron chi connectivity index (χ4n) is 2.83. The van der Waals surface area contributed by atoms with Crippen molar-refractivity contribution in [2.75, 3.05) is 5.32 Å². The summed E-state index contributed by atoms with van der Waals surface area (Å²) in [6, 6.07) is 0. The van der Waals surface area contributed by atoms with Gasteiger partial charge in [0.15, 0.2) is 0 Å². The summed E-state index contributed by atoms with van der Waals surface area (Å²) in [4.78, 5) is 23.7. The van der Waals surface area contributed by atoms with Gasteiger partial charge in [0.2, 0.25) is 5.13 Å². The molecule has 1 saturated carbocycles. The summed E-state index contributed by atoms with van der Waals surface area (Å²) >= 11 is 2.85. The zero-order chi connectivity index (χ0) is 18.6. The van der Waals surface area contributed by atoms with Gasteiger partial charge in [0.25, 0.3) is 5.91 Å². The van der Waals surface area contributed by atoms with Gasteiger partial charge in [0.1, 0.15) is 15.7 Å². The number of rotatable bonds is 3. The van der Waals surface area contributed by atoms with Crippen LogP contribution in [0.5, 0.6) is 0 Å². The van der Waals surface area contributed by atoms with Crippen molar-refractivity contribution in [3.63, 3.8) is 0 Å². The summed E-state index contributed by atoms with van der Waals surface area (Å²) < 4.78 is 0. The summed E-state index contributed by atoms with van der Waals surface area (Å²) in [5, 5.41) is 13.6. The Morgan fingerprint density at radius 1 is 1.12 bits per heavy atom. The Morgan fingerprint density at radius 2 is 1.85 bits per heavy atom. The molecule has 0 saturated heterocycles. The lowest BCUT2D eigenvalue weighted by molar-refractivity contribution is 0.103. The predicted octanol–water partition coefficient (Wildman–Crippen LogP) is 4.59. The molecule has 0 atom stereocenters. The van der Waals surface area contributed by atoms with E-state index in [4.69, 9.17) is 4.98 Å². The number of aryl methyl sites for hydroxylation is 2. The number of hydrogen-bond donors (Lipinski definition) is 1. The molecule has 3 heterocycles. The second-order valence-corrected chi connectivity index (χ2v) is 9.77. The first-order valence-electron chi connectivity index (χ1n) is 8.67. The summed E-state index contributed by atoms with van der Waals surface area (Å²) in [6.45, 7) is 10.2. The van der Waals surface area contributed by atoms with Gasteiger partial charge in [0, 0.05) is 16.7 Å². The van der Waals surface area contributed by atoms with Gasteiger partial charge < -0.3 is 0 Å². The van der Waals surface area contributed by atoms with Crippen LogP contribution in [0.25, 0.3) is 10.2 Å². The quantitative estimate of drug-likeness (QED) is 0.711. The molecule has 0 radical (unpaired) electrons. The Hall–Kier alpha value is -1.93. The van der Waals surface area contributed by atoms with Crippen LogP contribution in [0, 0.1) is 13.8 Å². The number of amides is 1. The molecule has 1 N–H and O–H groups in total. The fraction of sp³-hybridized carbons (Fsp3) is 0.500. The van der Waals surface area contributed by atoms with Gasteiger partial charge in [0.05, 0.1) is 10.6 Å². The first-order chi connectivity index (χ1) is 12.2. The first kappa shape index (κ1) is 17.5. The molecule has 0 unspecified atom stereocenters. The lowest BCUT2D eigenvalue weighted by Gasteiger charge is -2.12. The zero-order valence-corrected chi connectivity index (χ0v) is 17.1. The van der Waals surface area contributed by atoms with Gasteiger partial charge in [-0.25, -0.2) is 9.97 Å². The van der Waals surface area contributed by atoms with E-state index in [-0.39, 0.29) is 11.3 Å². The standard InChI is InChI=1S/C18H21N5OS2/c1-8-11-9(2)19-13(10-6-7-10)20-15(11)25-12(8)14(24)21-17-23-22-16(26-17)18(3,4)5/h10H,6-7H2,1-5H3,(H,21,23,24). The minimum absolute atomic E-state index is 0.0832. The van der Waals surface area contributed by atoms with Crippen LogP contribution in [-0.2, 0) is 5.41 Å². The van der Waals surface area contributed by atoms with Crippen LogP contribution in [0.2, 0.25) is 0 Å². The molecule has 4 rings (SSSR count). The number of fused-ring (bicyclic) bond motifs is 1. The highest BCUT2D eigenvalue weighted by atomic mass is 32.1. The molecule has 1 fully saturated rings. The second kappa shape index (κ2) is 6.06. The van der Waals surface area contributed by atoms with Crippen molar-refractivity contribution in [3.05, 3.63) is 27.0 Å². The highest BCUT2D eigenvalue weighted by Crippen LogP contribution is 2.40. The molecule has 1 aliphatic rings. The van der Waals surface area contributed by atoms with Gasteiger partial charge in [-0.15, -0.1) is 21.5 Å². The van der Waals surface area contributed by atoms with Crippen molar-refractivity contribution in [2.24, 2.45) is 0 Å². The number of nitrogens with one attached hydrogen (secondary N) is 1. The third-order valence-electron chi connectivity index (χ3n) is 4.42. The van der Waals surface area contributed by atoms with Crippen molar-refractivity contribution in [3.8, 4) is 0 Å². The monoisotopic (exact) mass is 387 g/mol. The molecule has 136 valence electrons. The van der Waals surface area contributed by atoms with E-state index in [1.54, 1.807) is 0 Å². The molecule has 1 aliphatic carbocycles. The maximum Gasteiger partial charge on any atom is 0.267 e. The van der Waals surface area contributed by atoms with Gasteiger partial charge in [-0.2, -0.15) is 0 Å². The average Bonchev–Trinajstić information content (AvgIpc) is 3.20. The van der Waals surface area contributed by atoms with E-state index in [9.17, 15) is 4.79 Å². The van der Waals surface area contributed by atoms with Gasteiger partial charge >= 0.3 is 0 Å². The number of carbonyl (C=O) groups excluding carboxylic acids is 1. The molecule has 8 heteroatoms. The molecule has 0 spiro atoms. The highest BCUT2D eigenvalue weighted by Gasteiger charge is 2.29. The van der Waals surface area contributed by atoms with Crippen molar-refractivity contribution in [2.45, 2.75) is 58.8 Å². The van der Waals surface area contributed by atoms with Crippen LogP contribution >= 0.6 is 22.7 Å². The largest absolute Gasteiger partial charge is 0.296 e. The average molecular weight is 388 g/mol. The van der Waals surface area contributed by atoms with Gasteiger partial charge in [-0.05, 0) is 32.3 Å². The lowest BCUT2D eigenvalue weighted by Crippen LogP contribution is -2.11. The van der Waals surface area contributed by atoms with E-state index in [0.717, 1.165) is 45.1 Å². The topological polar surface area (TPSA) is 80.7 Å². The summed E-state index contributed by atoms with van der Waals surface area (Å²) in [6.07, 6.45) is 2.33. The van der Waals surface area contributed by atoms with Crippen LogP contribution in [-0.4, -0.2) is 26.1 Å². The molecular weight excluding hydrogens is 366 g/mol. The zero-order valence-electron chi connectivity index (χ0n) is 15.5. The predicted molar refractivity (Wildman–Crippen MR) is 105 cm³/mol. The minimum Gasteiger partial charge on any atom is -0.296 e. The van der Waals surface area contributed by atoms with Crippen molar-refractivity contribution < 1.29 is 4.79 Å². The Kier molecular flexibility index (Phi) is 4.07. The van der Waals surface area contributed by atoms with Crippen molar-refractivity contribution in [1.82, 2.24) is 20.2 Å². The lowest BCUT2D eigenvalue weighted by atomic mass is 9.98. The normalized spacial score (nSPS) is 14.8. The number of hydrogen-bond acceptors (Lipinski definition) is 7. The number of nitrogens with zero attached hydrogens (tertiary/aromatic N) is 4. The smallest absolute Gasteiger partial charge is 0.267 e. The molecule has 0 aromatic carbocycles. The summed E-state index contributed by atoms with van der Waals surface area (Å²) in [7, 11) is 0. The Labute approximate surface area is 160 Å². The van der Waals surface area contributed by atoms with Crippen LogP contribution in [0.3, 0.4) is 0 Å². The highest BCUT2D eigenvalue weighted by molar-refractivity contribution is 7.21. The third-order valence-corrected chi connectivity index (χ3v) is 6.87. The maximum atomic E-state index is 12.8. The van der Waals surface area contributed by atoms with E-state index in [1.165, 1.54) is 22.7 Å². The van der Waals surface area contributed by atoms with Crippen LogP contribution in [0.15, 0.2) is 0 Å². The Bertz CT molecular complexity index is 1010. The number of anilines is 1. The minimum atomic E-state index is -0.158. The van der Waals surface area contributed by atoms with Crippen LogP contribution in [0.1, 0.15) is 71.3 Å². The number of carbonyl (C=O) groups is 1. The van der Waals surface area contributed by atoms with Crippen LogP contribution < -0.4 is 5.32 Å². The Morgan fingerprint density at radius 3 is 2.46 bits per heavy atom. The van der Waals surface area contributed by atoms with Gasteiger partial charge in [-0.1, -0.05) is 32.1 Å². The number of aromatic nitrogens is 4. The molecular formula is C18H21N5OS2. The maximum absolute atomic E-state index is 12.8. The molecule has 3 aromatic rings. The van der Waals surface area contributed by atoms with Gasteiger partial charge in [-0.3, -0.25) is 10.1 Å². The van der Waals surface area contributed by atoms with E-state index < -0.39 is 0 Å². The van der Waals surface area contributed by atoms with E-state index >= 15 is 0 Å². The van der Waals surface area contributed by atoms with Crippen molar-refractivity contribution in [1.29, 1.82) is 0 Å². The molecule has 0 aliphatic heterocycles. The molecule has 26 heavy (non-hydrogen) atoms. The second-order valence-electron chi connectivity index (χ2n) is 7.79. The SMILES string of the molecule is Cc1nc(C2CC2)nc2sc(C(=O)Nc3nnc(C(C)(C)C)s3)c(C)c12. The van der Waals surface area contributed by atoms with E-state index in [0.29, 0.717) is 15.9 Å².